The zero-order valence-electron chi connectivity index (χ0n) is 19.1. The van der Waals surface area contributed by atoms with Gasteiger partial charge in [-0.25, -0.2) is 19.7 Å². The van der Waals surface area contributed by atoms with E-state index < -0.39 is 11.4 Å². The number of fused-ring (bicyclic) bond motifs is 1. The molecule has 0 radical (unpaired) electrons. The number of aromatic nitrogens is 5. The molecule has 2 N–H and O–H groups in total. The highest BCUT2D eigenvalue weighted by molar-refractivity contribution is 7.08. The van der Waals surface area contributed by atoms with Crippen molar-refractivity contribution in [1.29, 1.82) is 0 Å². The Bertz CT molecular complexity index is 1520. The van der Waals surface area contributed by atoms with Gasteiger partial charge in [0.15, 0.2) is 5.65 Å². The summed E-state index contributed by atoms with van der Waals surface area (Å²) in [6.45, 7) is 6.46. The van der Waals surface area contributed by atoms with Crippen molar-refractivity contribution in [2.75, 3.05) is 23.3 Å². The molecule has 12 heteroatoms. The van der Waals surface area contributed by atoms with E-state index in [2.05, 4.69) is 24.6 Å². The molecule has 178 valence electrons. The second-order valence-corrected chi connectivity index (χ2v) is 9.29. The van der Waals surface area contributed by atoms with Crippen LogP contribution in [0.1, 0.15) is 27.2 Å². The molecule has 1 aliphatic heterocycles. The molecule has 1 saturated heterocycles. The number of anilines is 2. The minimum atomic E-state index is -1.33. The zero-order chi connectivity index (χ0) is 24.9. The van der Waals surface area contributed by atoms with Crippen LogP contribution in [0.2, 0.25) is 0 Å². The van der Waals surface area contributed by atoms with Gasteiger partial charge in [0.25, 0.3) is 0 Å². The normalized spacial score (nSPS) is 13.6. The van der Waals surface area contributed by atoms with Gasteiger partial charge in [-0.1, -0.05) is 0 Å². The topological polar surface area (TPSA) is 143 Å². The molecule has 11 nitrogen and oxygen atoms in total. The average Bonchev–Trinajstić information content (AvgIpc) is 3.26. The molecule has 0 saturated carbocycles. The van der Waals surface area contributed by atoms with Crippen LogP contribution in [-0.4, -0.2) is 54.0 Å². The number of carboxylic acid groups (broad SMARTS) is 1. The van der Waals surface area contributed by atoms with Crippen molar-refractivity contribution in [3.8, 4) is 5.13 Å². The molecular weight excluding hydrogens is 470 g/mol. The molecule has 1 fully saturated rings. The lowest BCUT2D eigenvalue weighted by Gasteiger charge is -2.39. The molecule has 0 spiro atoms. The molecule has 1 amide bonds. The monoisotopic (exact) mass is 491 g/mol. The maximum absolute atomic E-state index is 12.9. The van der Waals surface area contributed by atoms with Gasteiger partial charge in [0.05, 0.1) is 11.3 Å². The van der Waals surface area contributed by atoms with Crippen LogP contribution in [0.4, 0.5) is 11.6 Å². The van der Waals surface area contributed by atoms with E-state index in [-0.39, 0.29) is 22.8 Å². The molecular formula is C23H21N7O4S. The smallest absolute Gasteiger partial charge is 0.341 e. The van der Waals surface area contributed by atoms with Crippen molar-refractivity contribution in [1.82, 2.24) is 23.9 Å². The molecule has 0 aromatic carbocycles. The quantitative estimate of drug-likeness (QED) is 0.430. The summed E-state index contributed by atoms with van der Waals surface area (Å²) >= 11 is 1.06. The van der Waals surface area contributed by atoms with Gasteiger partial charge in [-0.3, -0.25) is 14.2 Å². The third-order valence-corrected chi connectivity index (χ3v) is 6.52. The summed E-state index contributed by atoms with van der Waals surface area (Å²) in [4.78, 5) is 52.4. The van der Waals surface area contributed by atoms with Gasteiger partial charge in [0.1, 0.15) is 23.5 Å². The molecule has 5 heterocycles. The Morgan fingerprint density at radius 3 is 2.57 bits per heavy atom. The first-order valence-electron chi connectivity index (χ1n) is 10.8. The van der Waals surface area contributed by atoms with Crippen LogP contribution >= 0.6 is 11.5 Å². The highest BCUT2D eigenvalue weighted by Gasteiger charge is 2.34. The SMILES string of the molecule is Cc1cc(C)nc(NC(=O)C2CN(c3cc(C)c4c(=O)c(C(=O)O)cn(-c5ncns5)c4n3)C2)c1. The molecule has 1 aliphatic rings. The summed E-state index contributed by atoms with van der Waals surface area (Å²) < 4.78 is 5.46. The number of carbonyl (C=O) groups is 2. The predicted molar refractivity (Wildman–Crippen MR) is 131 cm³/mol. The number of carbonyl (C=O) groups excluding carboxylic acids is 1. The van der Waals surface area contributed by atoms with Gasteiger partial charge in [-0.15, -0.1) is 0 Å². The van der Waals surface area contributed by atoms with Crippen molar-refractivity contribution in [3.63, 3.8) is 0 Å². The highest BCUT2D eigenvalue weighted by atomic mass is 32.1. The Kier molecular flexibility index (Phi) is 5.52. The molecule has 35 heavy (non-hydrogen) atoms. The van der Waals surface area contributed by atoms with E-state index >= 15 is 0 Å². The first kappa shape index (κ1) is 22.6. The molecule has 0 bridgehead atoms. The third-order valence-electron chi connectivity index (χ3n) is 5.85. The zero-order valence-corrected chi connectivity index (χ0v) is 20.0. The lowest BCUT2D eigenvalue weighted by atomic mass is 9.98. The van der Waals surface area contributed by atoms with E-state index in [4.69, 9.17) is 0 Å². The first-order valence-corrected chi connectivity index (χ1v) is 11.6. The van der Waals surface area contributed by atoms with Crippen LogP contribution in [0.5, 0.6) is 0 Å². The number of hydrogen-bond acceptors (Lipinski definition) is 9. The number of hydrogen-bond donors (Lipinski definition) is 2. The molecule has 0 atom stereocenters. The fourth-order valence-corrected chi connectivity index (χ4v) is 4.69. The highest BCUT2D eigenvalue weighted by Crippen LogP contribution is 2.28. The number of nitrogens with zero attached hydrogens (tertiary/aromatic N) is 6. The van der Waals surface area contributed by atoms with Crippen LogP contribution in [0.25, 0.3) is 16.2 Å². The number of carboxylic acids is 1. The van der Waals surface area contributed by atoms with Crippen molar-refractivity contribution < 1.29 is 14.7 Å². The Hall–Kier alpha value is -4.19. The number of rotatable bonds is 5. The predicted octanol–water partition coefficient (Wildman–Crippen LogP) is 2.33. The Balaban J connectivity index is 1.45. The first-order chi connectivity index (χ1) is 16.7. The third kappa shape index (κ3) is 4.12. The largest absolute Gasteiger partial charge is 0.477 e. The summed E-state index contributed by atoms with van der Waals surface area (Å²) in [7, 11) is 0. The molecule has 4 aromatic rings. The maximum Gasteiger partial charge on any atom is 0.341 e. The van der Waals surface area contributed by atoms with Gasteiger partial charge in [0, 0.05) is 36.5 Å². The van der Waals surface area contributed by atoms with Gasteiger partial charge in [-0.05, 0) is 50.1 Å². The van der Waals surface area contributed by atoms with Crippen LogP contribution < -0.4 is 15.6 Å². The van der Waals surface area contributed by atoms with Gasteiger partial charge in [0.2, 0.25) is 16.5 Å². The van der Waals surface area contributed by atoms with Crippen LogP contribution in [-0.2, 0) is 4.79 Å². The summed E-state index contributed by atoms with van der Waals surface area (Å²) in [6, 6.07) is 5.50. The van der Waals surface area contributed by atoms with Gasteiger partial charge < -0.3 is 15.3 Å². The van der Waals surface area contributed by atoms with Crippen LogP contribution in [0.15, 0.2) is 35.5 Å². The number of nitrogens with one attached hydrogen (secondary N) is 1. The standard InChI is InChI=1S/C23H21N7O4S/c1-11-4-13(3)26-16(5-11)27-21(32)14-7-29(8-14)17-6-12(2)18-19(31)15(22(33)34)9-30(20(18)28-17)23-24-10-25-35-23/h4-6,9-10,14H,7-8H2,1-3H3,(H,33,34)(H,26,27,32). The fraction of sp³-hybridized carbons (Fsp3) is 0.261. The molecule has 5 rings (SSSR count). The summed E-state index contributed by atoms with van der Waals surface area (Å²) in [5, 5.41) is 13.0. The second-order valence-electron chi connectivity index (χ2n) is 8.53. The summed E-state index contributed by atoms with van der Waals surface area (Å²) in [5.74, 6) is -0.568. The van der Waals surface area contributed by atoms with E-state index in [9.17, 15) is 19.5 Å². The van der Waals surface area contributed by atoms with Crippen molar-refractivity contribution in [2.24, 2.45) is 5.92 Å². The van der Waals surface area contributed by atoms with Crippen molar-refractivity contribution >= 4 is 46.1 Å². The lowest BCUT2D eigenvalue weighted by Crippen LogP contribution is -2.52. The number of aromatic carboxylic acids is 1. The van der Waals surface area contributed by atoms with E-state index in [1.807, 2.05) is 30.9 Å². The van der Waals surface area contributed by atoms with Crippen molar-refractivity contribution in [2.45, 2.75) is 20.8 Å². The Labute approximate surface area is 203 Å². The minimum Gasteiger partial charge on any atom is -0.477 e. The minimum absolute atomic E-state index is 0.117. The Morgan fingerprint density at radius 2 is 1.91 bits per heavy atom. The molecule has 0 aliphatic carbocycles. The molecule has 0 unspecified atom stereocenters. The summed E-state index contributed by atoms with van der Waals surface area (Å²) in [6.07, 6.45) is 2.58. The van der Waals surface area contributed by atoms with Gasteiger partial charge >= 0.3 is 5.97 Å². The average molecular weight is 492 g/mol. The molecule has 4 aromatic heterocycles. The van der Waals surface area contributed by atoms with Crippen LogP contribution in [0.3, 0.4) is 0 Å². The van der Waals surface area contributed by atoms with Crippen molar-refractivity contribution in [3.05, 3.63) is 63.3 Å². The Morgan fingerprint density at radius 1 is 1.14 bits per heavy atom. The van der Waals surface area contributed by atoms with E-state index in [1.165, 1.54) is 17.1 Å². The van der Waals surface area contributed by atoms with E-state index in [1.54, 1.807) is 13.0 Å². The number of aryl methyl sites for hydroxylation is 3. The summed E-state index contributed by atoms with van der Waals surface area (Å²) in [5.41, 5.74) is 1.76. The second kappa shape index (κ2) is 8.55. The van der Waals surface area contributed by atoms with E-state index in [0.717, 1.165) is 22.8 Å². The fourth-order valence-electron chi connectivity index (χ4n) is 4.18. The number of amides is 1. The van der Waals surface area contributed by atoms with Crippen LogP contribution in [0, 0.1) is 26.7 Å². The maximum atomic E-state index is 12.9. The number of pyridine rings is 3. The van der Waals surface area contributed by atoms with E-state index in [0.29, 0.717) is 41.1 Å². The van der Waals surface area contributed by atoms with Gasteiger partial charge in [-0.2, -0.15) is 4.37 Å². The lowest BCUT2D eigenvalue weighted by molar-refractivity contribution is -0.120.